The van der Waals surface area contributed by atoms with E-state index in [4.69, 9.17) is 9.47 Å². The van der Waals surface area contributed by atoms with Gasteiger partial charge in [0.1, 0.15) is 5.75 Å². The lowest BCUT2D eigenvalue weighted by atomic mass is 10.0. The van der Waals surface area contributed by atoms with E-state index in [0.29, 0.717) is 27.9 Å². The summed E-state index contributed by atoms with van der Waals surface area (Å²) in [5, 5.41) is 0.802. The van der Waals surface area contributed by atoms with Crippen LogP contribution in [0.3, 0.4) is 0 Å². The smallest absolute Gasteiger partial charge is 0.249 e. The van der Waals surface area contributed by atoms with Crippen molar-refractivity contribution in [2.24, 2.45) is 0 Å². The van der Waals surface area contributed by atoms with Gasteiger partial charge in [-0.15, -0.1) is 0 Å². The van der Waals surface area contributed by atoms with Crippen LogP contribution in [0.5, 0.6) is 11.5 Å². The van der Waals surface area contributed by atoms with Crippen LogP contribution in [0.25, 0.3) is 33.1 Å². The zero-order chi connectivity index (χ0) is 17.6. The monoisotopic (exact) mass is 338 g/mol. The zero-order valence-corrected chi connectivity index (χ0v) is 13.6. The van der Waals surface area contributed by atoms with Crippen molar-refractivity contribution in [3.05, 3.63) is 58.6 Å². The maximum absolute atomic E-state index is 14.7. The van der Waals surface area contributed by atoms with Crippen LogP contribution in [0, 0.1) is 5.82 Å². The predicted octanol–water partition coefficient (Wildman–Crippen LogP) is 3.83. The lowest BCUT2D eigenvalue weighted by Gasteiger charge is -2.08. The zero-order valence-electron chi connectivity index (χ0n) is 13.6. The molecule has 126 valence electrons. The van der Waals surface area contributed by atoms with Crippen molar-refractivity contribution < 1.29 is 13.9 Å². The van der Waals surface area contributed by atoms with Crippen LogP contribution in [0.1, 0.15) is 0 Å². The molecule has 2 aromatic carbocycles. The molecular formula is C19H15FN2O3. The molecule has 0 aliphatic rings. The van der Waals surface area contributed by atoms with E-state index in [2.05, 4.69) is 9.97 Å². The number of nitrogens with one attached hydrogen (secondary N) is 2. The van der Waals surface area contributed by atoms with E-state index in [-0.39, 0.29) is 11.3 Å². The molecule has 4 aromatic rings. The standard InChI is InChI=1S/C19H15FN2O3/c1-24-10-6-7-14-13(8-10)19-18(21-14)12(9-16(23)22-19)11-4-3-5-15(25-2)17(11)20/h3-9,21H,1-2H3,(H,22,23). The van der Waals surface area contributed by atoms with Gasteiger partial charge in [-0.1, -0.05) is 12.1 Å². The number of benzene rings is 2. The largest absolute Gasteiger partial charge is 0.497 e. The van der Waals surface area contributed by atoms with Crippen LogP contribution in [0.15, 0.2) is 47.3 Å². The van der Waals surface area contributed by atoms with Gasteiger partial charge >= 0.3 is 0 Å². The fourth-order valence-corrected chi connectivity index (χ4v) is 3.08. The highest BCUT2D eigenvalue weighted by molar-refractivity contribution is 6.10. The number of ether oxygens (including phenoxy) is 2. The number of methoxy groups -OCH3 is 2. The van der Waals surface area contributed by atoms with E-state index in [9.17, 15) is 9.18 Å². The van der Waals surface area contributed by atoms with Crippen LogP contribution < -0.4 is 15.0 Å². The van der Waals surface area contributed by atoms with Gasteiger partial charge in [-0.25, -0.2) is 4.39 Å². The van der Waals surface area contributed by atoms with Crippen molar-refractivity contribution in [2.45, 2.75) is 0 Å². The molecule has 2 heterocycles. The van der Waals surface area contributed by atoms with Crippen molar-refractivity contribution >= 4 is 21.9 Å². The van der Waals surface area contributed by atoms with Gasteiger partial charge in [0, 0.05) is 28.1 Å². The molecular weight excluding hydrogens is 323 g/mol. The topological polar surface area (TPSA) is 67.1 Å². The second-order valence-corrected chi connectivity index (χ2v) is 5.66. The fourth-order valence-electron chi connectivity index (χ4n) is 3.08. The summed E-state index contributed by atoms with van der Waals surface area (Å²) >= 11 is 0. The normalized spacial score (nSPS) is 11.2. The number of pyridine rings is 1. The van der Waals surface area contributed by atoms with Gasteiger partial charge < -0.3 is 19.4 Å². The molecule has 5 nitrogen and oxygen atoms in total. The highest BCUT2D eigenvalue weighted by Crippen LogP contribution is 2.35. The van der Waals surface area contributed by atoms with Crippen LogP contribution in [-0.4, -0.2) is 24.2 Å². The molecule has 0 spiro atoms. The Hall–Kier alpha value is -3.28. The second-order valence-electron chi connectivity index (χ2n) is 5.66. The van der Waals surface area contributed by atoms with Gasteiger partial charge in [0.15, 0.2) is 11.6 Å². The van der Waals surface area contributed by atoms with Gasteiger partial charge in [-0.05, 0) is 24.3 Å². The Morgan fingerprint density at radius 2 is 1.76 bits per heavy atom. The maximum Gasteiger partial charge on any atom is 0.249 e. The molecule has 2 aromatic heterocycles. The lowest BCUT2D eigenvalue weighted by molar-refractivity contribution is 0.387. The molecule has 0 aliphatic heterocycles. The highest BCUT2D eigenvalue weighted by atomic mass is 19.1. The van der Waals surface area contributed by atoms with Crippen LogP contribution >= 0.6 is 0 Å². The summed E-state index contributed by atoms with van der Waals surface area (Å²) < 4.78 is 25.0. The average Bonchev–Trinajstić information content (AvgIpc) is 2.99. The number of hydrogen-bond acceptors (Lipinski definition) is 3. The number of rotatable bonds is 3. The SMILES string of the molecule is COc1ccc2[nH]c3c(-c4cccc(OC)c4F)cc(=O)[nH]c3c2c1. The summed E-state index contributed by atoms with van der Waals surface area (Å²) in [5.41, 5.74) is 2.54. The van der Waals surface area contributed by atoms with Crippen molar-refractivity contribution in [1.82, 2.24) is 9.97 Å². The summed E-state index contributed by atoms with van der Waals surface area (Å²) in [4.78, 5) is 18.3. The van der Waals surface area contributed by atoms with Crippen molar-refractivity contribution in [3.63, 3.8) is 0 Å². The van der Waals surface area contributed by atoms with E-state index in [1.165, 1.54) is 13.2 Å². The van der Waals surface area contributed by atoms with Crippen molar-refractivity contribution in [1.29, 1.82) is 0 Å². The quantitative estimate of drug-likeness (QED) is 0.596. The number of halogens is 1. The molecule has 0 radical (unpaired) electrons. The Labute approximate surface area is 142 Å². The molecule has 0 aliphatic carbocycles. The number of H-pyrrole nitrogens is 2. The lowest BCUT2D eigenvalue weighted by Crippen LogP contribution is -2.05. The molecule has 0 unspecified atom stereocenters. The third-order valence-corrected chi connectivity index (χ3v) is 4.27. The molecule has 2 N–H and O–H groups in total. The van der Waals surface area contributed by atoms with E-state index >= 15 is 0 Å². The van der Waals surface area contributed by atoms with Crippen LogP contribution in [-0.2, 0) is 0 Å². The summed E-state index contributed by atoms with van der Waals surface area (Å²) in [6.45, 7) is 0. The first kappa shape index (κ1) is 15.3. The van der Waals surface area contributed by atoms with Crippen molar-refractivity contribution in [3.8, 4) is 22.6 Å². The first-order valence-electron chi connectivity index (χ1n) is 7.68. The molecule has 25 heavy (non-hydrogen) atoms. The minimum Gasteiger partial charge on any atom is -0.497 e. The number of hydrogen-bond donors (Lipinski definition) is 2. The first-order chi connectivity index (χ1) is 12.1. The molecule has 0 amide bonds. The summed E-state index contributed by atoms with van der Waals surface area (Å²) in [5.74, 6) is 0.295. The van der Waals surface area contributed by atoms with E-state index in [1.807, 2.05) is 18.2 Å². The Morgan fingerprint density at radius 1 is 0.920 bits per heavy atom. The molecule has 0 atom stereocenters. The number of aromatic nitrogens is 2. The molecule has 0 fully saturated rings. The summed E-state index contributed by atoms with van der Waals surface area (Å²) in [7, 11) is 2.99. The third-order valence-electron chi connectivity index (χ3n) is 4.27. The molecule has 0 bridgehead atoms. The maximum atomic E-state index is 14.7. The third kappa shape index (κ3) is 2.34. The Kier molecular flexibility index (Phi) is 3.46. The first-order valence-corrected chi connectivity index (χ1v) is 7.68. The van der Waals surface area contributed by atoms with Gasteiger partial charge in [0.2, 0.25) is 5.56 Å². The fraction of sp³-hybridized carbons (Fsp3) is 0.105. The predicted molar refractivity (Wildman–Crippen MR) is 94.9 cm³/mol. The average molecular weight is 338 g/mol. The summed E-state index contributed by atoms with van der Waals surface area (Å²) in [6.07, 6.45) is 0. The molecule has 0 saturated carbocycles. The number of aromatic amines is 2. The highest BCUT2D eigenvalue weighted by Gasteiger charge is 2.17. The Morgan fingerprint density at radius 3 is 2.52 bits per heavy atom. The van der Waals surface area contributed by atoms with Crippen molar-refractivity contribution in [2.75, 3.05) is 14.2 Å². The summed E-state index contributed by atoms with van der Waals surface area (Å²) in [6, 6.07) is 11.7. The Balaban J connectivity index is 2.10. The van der Waals surface area contributed by atoms with Gasteiger partial charge in [0.25, 0.3) is 0 Å². The van der Waals surface area contributed by atoms with Gasteiger partial charge in [0.05, 0.1) is 25.3 Å². The molecule has 6 heteroatoms. The minimum absolute atomic E-state index is 0.128. The van der Waals surface area contributed by atoms with Gasteiger partial charge in [-0.3, -0.25) is 4.79 Å². The van der Waals surface area contributed by atoms with E-state index in [0.717, 1.165) is 10.9 Å². The molecule has 4 rings (SSSR count). The van der Waals surface area contributed by atoms with E-state index < -0.39 is 5.82 Å². The number of fused-ring (bicyclic) bond motifs is 3. The molecule has 0 saturated heterocycles. The van der Waals surface area contributed by atoms with Gasteiger partial charge in [-0.2, -0.15) is 0 Å². The van der Waals surface area contributed by atoms with E-state index in [1.54, 1.807) is 25.3 Å². The second kappa shape index (κ2) is 5.66. The minimum atomic E-state index is -0.506. The van der Waals surface area contributed by atoms with Crippen LogP contribution in [0.2, 0.25) is 0 Å². The van der Waals surface area contributed by atoms with Crippen LogP contribution in [0.4, 0.5) is 4.39 Å². The Bertz CT molecular complexity index is 1160.